The number of rotatable bonds is 2. The third-order valence-electron chi connectivity index (χ3n) is 3.45. The molecule has 0 radical (unpaired) electrons. The zero-order valence-corrected chi connectivity index (χ0v) is 12.3. The van der Waals surface area contributed by atoms with E-state index in [4.69, 9.17) is 0 Å². The molecule has 1 saturated heterocycles. The fourth-order valence-electron chi connectivity index (χ4n) is 2.47. The first-order chi connectivity index (χ1) is 9.66. The third kappa shape index (κ3) is 2.36. The number of H-pyrrole nitrogens is 1. The SMILES string of the molecule is O=c1[nH]c(C2CCCN2)nc(O)c1-c1ccccc1Br. The number of aromatic hydroxyl groups is 1. The highest BCUT2D eigenvalue weighted by molar-refractivity contribution is 9.10. The van der Waals surface area contributed by atoms with Crippen LogP contribution in [0.3, 0.4) is 0 Å². The van der Waals surface area contributed by atoms with Crippen molar-refractivity contribution in [3.05, 3.63) is 44.9 Å². The molecule has 3 rings (SSSR count). The van der Waals surface area contributed by atoms with E-state index in [0.29, 0.717) is 11.4 Å². The number of aromatic nitrogens is 2. The summed E-state index contributed by atoms with van der Waals surface area (Å²) in [6, 6.07) is 7.26. The lowest BCUT2D eigenvalue weighted by molar-refractivity contribution is 0.444. The van der Waals surface area contributed by atoms with Crippen LogP contribution in [0.1, 0.15) is 24.7 Å². The smallest absolute Gasteiger partial charge is 0.262 e. The average Bonchev–Trinajstić information content (AvgIpc) is 2.94. The average molecular weight is 336 g/mol. The number of nitrogens with one attached hydrogen (secondary N) is 2. The van der Waals surface area contributed by atoms with Gasteiger partial charge in [-0.25, -0.2) is 0 Å². The lowest BCUT2D eigenvalue weighted by Crippen LogP contribution is -2.21. The predicted molar refractivity (Wildman–Crippen MR) is 79.6 cm³/mol. The van der Waals surface area contributed by atoms with E-state index in [1.807, 2.05) is 18.2 Å². The molecule has 2 heterocycles. The standard InChI is InChI=1S/C14H14BrN3O2/c15-9-5-2-1-4-8(9)11-13(19)17-12(18-14(11)20)10-6-3-7-16-10/h1-2,4-5,10,16H,3,6-7H2,(H2,17,18,19,20). The van der Waals surface area contributed by atoms with Crippen LogP contribution in [0.4, 0.5) is 0 Å². The molecule has 5 nitrogen and oxygen atoms in total. The second kappa shape index (κ2) is 5.38. The number of nitrogens with zero attached hydrogens (tertiary/aromatic N) is 1. The molecule has 0 bridgehead atoms. The molecule has 0 saturated carbocycles. The minimum Gasteiger partial charge on any atom is -0.493 e. The van der Waals surface area contributed by atoms with Gasteiger partial charge in [-0.1, -0.05) is 34.1 Å². The minimum absolute atomic E-state index is 0.0156. The Morgan fingerprint density at radius 1 is 1.35 bits per heavy atom. The summed E-state index contributed by atoms with van der Waals surface area (Å²) in [4.78, 5) is 19.2. The molecule has 2 aromatic rings. The summed E-state index contributed by atoms with van der Waals surface area (Å²) >= 11 is 3.38. The van der Waals surface area contributed by atoms with E-state index in [1.165, 1.54) is 0 Å². The van der Waals surface area contributed by atoms with E-state index in [-0.39, 0.29) is 23.0 Å². The number of hydrogen-bond donors (Lipinski definition) is 3. The quantitative estimate of drug-likeness (QED) is 0.787. The van der Waals surface area contributed by atoms with E-state index < -0.39 is 0 Å². The van der Waals surface area contributed by atoms with Crippen LogP contribution in [-0.2, 0) is 0 Å². The van der Waals surface area contributed by atoms with Crippen LogP contribution in [0.2, 0.25) is 0 Å². The predicted octanol–water partition coefficient (Wildman–Crippen LogP) is 2.33. The molecule has 6 heteroatoms. The molecular weight excluding hydrogens is 322 g/mol. The van der Waals surface area contributed by atoms with Gasteiger partial charge in [0.05, 0.1) is 6.04 Å². The van der Waals surface area contributed by atoms with Crippen molar-refractivity contribution < 1.29 is 5.11 Å². The zero-order valence-electron chi connectivity index (χ0n) is 10.7. The third-order valence-corrected chi connectivity index (χ3v) is 4.14. The molecule has 1 fully saturated rings. The Balaban J connectivity index is 2.10. The number of halogens is 1. The summed E-state index contributed by atoms with van der Waals surface area (Å²) in [5.74, 6) is 0.269. The summed E-state index contributed by atoms with van der Waals surface area (Å²) in [6.07, 6.45) is 1.96. The maximum absolute atomic E-state index is 12.3. The van der Waals surface area contributed by atoms with Crippen molar-refractivity contribution in [2.45, 2.75) is 18.9 Å². The number of hydrogen-bond acceptors (Lipinski definition) is 4. The van der Waals surface area contributed by atoms with Crippen LogP contribution in [0.5, 0.6) is 5.88 Å². The summed E-state index contributed by atoms with van der Waals surface area (Å²) in [7, 11) is 0. The molecule has 1 aliphatic rings. The van der Waals surface area contributed by atoms with Gasteiger partial charge in [-0.3, -0.25) is 4.79 Å². The van der Waals surface area contributed by atoms with Crippen LogP contribution in [0.25, 0.3) is 11.1 Å². The van der Waals surface area contributed by atoms with Crippen LogP contribution in [0.15, 0.2) is 33.5 Å². The van der Waals surface area contributed by atoms with Crippen LogP contribution in [-0.4, -0.2) is 21.6 Å². The summed E-state index contributed by atoms with van der Waals surface area (Å²) < 4.78 is 0.745. The summed E-state index contributed by atoms with van der Waals surface area (Å²) in [6.45, 7) is 0.904. The second-order valence-electron chi connectivity index (χ2n) is 4.78. The lowest BCUT2D eigenvalue weighted by Gasteiger charge is -2.11. The highest BCUT2D eigenvalue weighted by Crippen LogP contribution is 2.31. The molecule has 20 heavy (non-hydrogen) atoms. The number of benzene rings is 1. The summed E-state index contributed by atoms with van der Waals surface area (Å²) in [5.41, 5.74) is 0.497. The molecule has 1 aromatic carbocycles. The Kier molecular flexibility index (Phi) is 3.58. The van der Waals surface area contributed by atoms with Gasteiger partial charge in [0, 0.05) is 10.0 Å². The van der Waals surface area contributed by atoms with E-state index >= 15 is 0 Å². The molecule has 0 spiro atoms. The van der Waals surface area contributed by atoms with Gasteiger partial charge in [0.25, 0.3) is 5.56 Å². The molecule has 0 amide bonds. The maximum atomic E-state index is 12.3. The van der Waals surface area contributed by atoms with Gasteiger partial charge in [-0.15, -0.1) is 0 Å². The molecule has 1 atom stereocenters. The molecule has 3 N–H and O–H groups in total. The molecule has 0 aliphatic carbocycles. The Morgan fingerprint density at radius 3 is 2.80 bits per heavy atom. The molecule has 1 unspecified atom stereocenters. The highest BCUT2D eigenvalue weighted by atomic mass is 79.9. The fourth-order valence-corrected chi connectivity index (χ4v) is 2.95. The summed E-state index contributed by atoms with van der Waals surface area (Å²) in [5, 5.41) is 13.4. The van der Waals surface area contributed by atoms with E-state index in [1.54, 1.807) is 6.07 Å². The van der Waals surface area contributed by atoms with Gasteiger partial charge >= 0.3 is 0 Å². The van der Waals surface area contributed by atoms with Crippen molar-refractivity contribution in [3.63, 3.8) is 0 Å². The minimum atomic E-state index is -0.326. The molecule has 1 aromatic heterocycles. The second-order valence-corrected chi connectivity index (χ2v) is 5.63. The Hall–Kier alpha value is -1.66. The van der Waals surface area contributed by atoms with Crippen LogP contribution >= 0.6 is 15.9 Å². The lowest BCUT2D eigenvalue weighted by atomic mass is 10.1. The Bertz CT molecular complexity index is 693. The monoisotopic (exact) mass is 335 g/mol. The van der Waals surface area contributed by atoms with Crippen molar-refractivity contribution in [3.8, 4) is 17.0 Å². The van der Waals surface area contributed by atoms with Crippen molar-refractivity contribution in [2.24, 2.45) is 0 Å². The van der Waals surface area contributed by atoms with Crippen molar-refractivity contribution >= 4 is 15.9 Å². The van der Waals surface area contributed by atoms with Crippen molar-refractivity contribution in [1.29, 1.82) is 0 Å². The molecule has 104 valence electrons. The first kappa shape index (κ1) is 13.3. The van der Waals surface area contributed by atoms with Gasteiger partial charge in [0.1, 0.15) is 11.4 Å². The molecular formula is C14H14BrN3O2. The van der Waals surface area contributed by atoms with Crippen LogP contribution < -0.4 is 10.9 Å². The maximum Gasteiger partial charge on any atom is 0.262 e. The topological polar surface area (TPSA) is 78.0 Å². The Morgan fingerprint density at radius 2 is 2.15 bits per heavy atom. The van der Waals surface area contributed by atoms with Crippen LogP contribution in [0, 0.1) is 0 Å². The fraction of sp³-hybridized carbons (Fsp3) is 0.286. The molecule has 1 aliphatic heterocycles. The number of aromatic amines is 1. The van der Waals surface area contributed by atoms with Gasteiger partial charge in [-0.05, 0) is 25.5 Å². The van der Waals surface area contributed by atoms with Crippen molar-refractivity contribution in [1.82, 2.24) is 15.3 Å². The first-order valence-corrected chi connectivity index (χ1v) is 7.27. The van der Waals surface area contributed by atoms with Gasteiger partial charge in [-0.2, -0.15) is 4.98 Å². The van der Waals surface area contributed by atoms with E-state index in [9.17, 15) is 9.90 Å². The van der Waals surface area contributed by atoms with Crippen molar-refractivity contribution in [2.75, 3.05) is 6.54 Å². The highest BCUT2D eigenvalue weighted by Gasteiger charge is 2.22. The van der Waals surface area contributed by atoms with E-state index in [2.05, 4.69) is 31.2 Å². The largest absolute Gasteiger partial charge is 0.493 e. The first-order valence-electron chi connectivity index (χ1n) is 6.48. The van der Waals surface area contributed by atoms with Gasteiger partial charge in [0.15, 0.2) is 0 Å². The van der Waals surface area contributed by atoms with Gasteiger partial charge in [0.2, 0.25) is 5.88 Å². The normalized spacial score (nSPS) is 18.4. The Labute approximate surface area is 124 Å². The van der Waals surface area contributed by atoms with E-state index in [0.717, 1.165) is 23.9 Å². The zero-order chi connectivity index (χ0) is 14.1. The van der Waals surface area contributed by atoms with Gasteiger partial charge < -0.3 is 15.4 Å².